The average Bonchev–Trinajstić information content (AvgIpc) is 2.80. The predicted molar refractivity (Wildman–Crippen MR) is 73.8 cm³/mol. The van der Waals surface area contributed by atoms with Crippen LogP contribution in [0, 0.1) is 0 Å². The Labute approximate surface area is 113 Å². The van der Waals surface area contributed by atoms with Crippen LogP contribution in [0.2, 0.25) is 0 Å². The van der Waals surface area contributed by atoms with Gasteiger partial charge in [0.15, 0.2) is 0 Å². The number of nitrogens with zero attached hydrogens (tertiary/aromatic N) is 1. The average molecular weight is 279 g/mol. The van der Waals surface area contributed by atoms with Gasteiger partial charge in [0.2, 0.25) is 10.0 Å². The van der Waals surface area contributed by atoms with Crippen LogP contribution in [-0.4, -0.2) is 13.0 Å². The fourth-order valence-electron chi connectivity index (χ4n) is 1.78. The van der Waals surface area contributed by atoms with Gasteiger partial charge < -0.3 is 10.3 Å². The first-order chi connectivity index (χ1) is 9.03. The quantitative estimate of drug-likeness (QED) is 0.856. The van der Waals surface area contributed by atoms with Crippen LogP contribution in [0.15, 0.2) is 47.5 Å². The van der Waals surface area contributed by atoms with E-state index in [1.54, 1.807) is 23.9 Å². The Morgan fingerprint density at radius 3 is 2.53 bits per heavy atom. The third-order valence-corrected chi connectivity index (χ3v) is 4.28. The summed E-state index contributed by atoms with van der Waals surface area (Å²) in [6.07, 6.45) is 1.56. The molecule has 0 atom stereocenters. The number of nitrogens with one attached hydrogen (secondary N) is 1. The van der Waals surface area contributed by atoms with E-state index in [-0.39, 0.29) is 11.4 Å². The van der Waals surface area contributed by atoms with Gasteiger partial charge in [0.05, 0.1) is 4.90 Å². The Morgan fingerprint density at radius 2 is 1.95 bits per heavy atom. The molecule has 0 spiro atoms. The molecule has 0 bridgehead atoms. The van der Waals surface area contributed by atoms with Crippen LogP contribution in [0.5, 0.6) is 0 Å². The lowest BCUT2D eigenvalue weighted by Gasteiger charge is -2.04. The van der Waals surface area contributed by atoms with Gasteiger partial charge in [0.1, 0.15) is 0 Å². The van der Waals surface area contributed by atoms with Crippen molar-refractivity contribution >= 4 is 10.0 Å². The minimum absolute atomic E-state index is 0.242. The first-order valence-electron chi connectivity index (χ1n) is 5.92. The lowest BCUT2D eigenvalue weighted by Crippen LogP contribution is -2.22. The van der Waals surface area contributed by atoms with E-state index in [4.69, 9.17) is 5.73 Å². The number of sulfonamides is 1. The number of aryl methyl sites for hydroxylation is 1. The summed E-state index contributed by atoms with van der Waals surface area (Å²) in [5.74, 6) is 0. The highest BCUT2D eigenvalue weighted by atomic mass is 32.2. The molecule has 102 valence electrons. The molecule has 5 nitrogen and oxygen atoms in total. The van der Waals surface area contributed by atoms with Crippen LogP contribution in [0.3, 0.4) is 0 Å². The monoisotopic (exact) mass is 279 g/mol. The van der Waals surface area contributed by atoms with Crippen molar-refractivity contribution in [3.8, 4) is 0 Å². The zero-order valence-corrected chi connectivity index (χ0v) is 11.5. The molecule has 1 aromatic heterocycles. The van der Waals surface area contributed by atoms with Gasteiger partial charge >= 0.3 is 0 Å². The number of aromatic nitrogens is 1. The molecule has 6 heteroatoms. The van der Waals surface area contributed by atoms with E-state index >= 15 is 0 Å². The molecule has 0 fully saturated rings. The normalized spacial score (nSPS) is 11.7. The lowest BCUT2D eigenvalue weighted by atomic mass is 10.2. The van der Waals surface area contributed by atoms with Crippen LogP contribution < -0.4 is 10.5 Å². The zero-order chi connectivity index (χ0) is 13.9. The first-order valence-corrected chi connectivity index (χ1v) is 7.40. The number of hydrogen-bond donors (Lipinski definition) is 2. The van der Waals surface area contributed by atoms with Gasteiger partial charge in [0.25, 0.3) is 0 Å². The summed E-state index contributed by atoms with van der Waals surface area (Å²) in [7, 11) is -1.72. The maximum atomic E-state index is 12.1. The van der Waals surface area contributed by atoms with Crippen LogP contribution in [0.4, 0.5) is 0 Å². The molecule has 1 heterocycles. The van der Waals surface area contributed by atoms with Crippen LogP contribution in [0.1, 0.15) is 11.3 Å². The fraction of sp³-hybridized carbons (Fsp3) is 0.231. The van der Waals surface area contributed by atoms with Gasteiger partial charge in [-0.05, 0) is 11.6 Å². The summed E-state index contributed by atoms with van der Waals surface area (Å²) >= 11 is 0. The van der Waals surface area contributed by atoms with E-state index in [0.29, 0.717) is 6.54 Å². The largest absolute Gasteiger partial charge is 0.352 e. The number of nitrogens with two attached hydrogens (primary N) is 1. The van der Waals surface area contributed by atoms with E-state index in [2.05, 4.69) is 4.72 Å². The van der Waals surface area contributed by atoms with Crippen LogP contribution >= 0.6 is 0 Å². The smallest absolute Gasteiger partial charge is 0.242 e. The second-order valence-electron chi connectivity index (χ2n) is 4.29. The minimum Gasteiger partial charge on any atom is -0.352 e. The van der Waals surface area contributed by atoms with E-state index in [1.807, 2.05) is 30.3 Å². The van der Waals surface area contributed by atoms with Crippen molar-refractivity contribution < 1.29 is 8.42 Å². The molecular formula is C13H17N3O2S. The molecule has 1 aromatic carbocycles. The van der Waals surface area contributed by atoms with Gasteiger partial charge in [-0.25, -0.2) is 13.1 Å². The van der Waals surface area contributed by atoms with Gasteiger partial charge in [-0.1, -0.05) is 30.3 Å². The SMILES string of the molecule is Cn1cc(S(=O)(=O)NCc2ccccc2)cc1CN. The maximum Gasteiger partial charge on any atom is 0.242 e. The van der Waals surface area contributed by atoms with Crippen molar-refractivity contribution in [3.05, 3.63) is 53.9 Å². The Bertz CT molecular complexity index is 648. The maximum absolute atomic E-state index is 12.1. The Balaban J connectivity index is 2.14. The standard InChI is InChI=1S/C13H17N3O2S/c1-16-10-13(7-12(16)8-14)19(17,18)15-9-11-5-3-2-4-6-11/h2-7,10,15H,8-9,14H2,1H3. The molecule has 2 rings (SSSR count). The Morgan fingerprint density at radius 1 is 1.26 bits per heavy atom. The molecule has 0 radical (unpaired) electrons. The number of benzene rings is 1. The third-order valence-electron chi connectivity index (χ3n) is 2.91. The molecule has 0 aliphatic carbocycles. The topological polar surface area (TPSA) is 77.1 Å². The predicted octanol–water partition coefficient (Wildman–Crippen LogP) is 0.962. The molecule has 0 unspecified atom stereocenters. The zero-order valence-electron chi connectivity index (χ0n) is 10.7. The molecule has 2 aromatic rings. The Kier molecular flexibility index (Phi) is 4.04. The molecule has 3 N–H and O–H groups in total. The molecule has 19 heavy (non-hydrogen) atoms. The summed E-state index contributed by atoms with van der Waals surface area (Å²) in [5.41, 5.74) is 7.23. The second-order valence-corrected chi connectivity index (χ2v) is 6.06. The highest BCUT2D eigenvalue weighted by Crippen LogP contribution is 2.13. The second kappa shape index (κ2) is 5.56. The number of hydrogen-bond acceptors (Lipinski definition) is 3. The molecule has 0 saturated heterocycles. The van der Waals surface area contributed by atoms with Crippen LogP contribution in [-0.2, 0) is 30.2 Å². The molecule has 0 aliphatic rings. The van der Waals surface area contributed by atoms with Gasteiger partial charge in [-0.3, -0.25) is 0 Å². The van der Waals surface area contributed by atoms with Gasteiger partial charge in [-0.2, -0.15) is 0 Å². The highest BCUT2D eigenvalue weighted by Gasteiger charge is 2.16. The molecular weight excluding hydrogens is 262 g/mol. The molecule has 0 aliphatic heterocycles. The Hall–Kier alpha value is -1.63. The minimum atomic E-state index is -3.50. The van der Waals surface area contributed by atoms with E-state index in [9.17, 15) is 8.42 Å². The summed E-state index contributed by atoms with van der Waals surface area (Å²) in [5, 5.41) is 0. The molecule has 0 amide bonds. The van der Waals surface area contributed by atoms with Crippen molar-refractivity contribution in [1.82, 2.24) is 9.29 Å². The van der Waals surface area contributed by atoms with Crippen molar-refractivity contribution in [2.24, 2.45) is 12.8 Å². The van der Waals surface area contributed by atoms with Crippen molar-refractivity contribution in [1.29, 1.82) is 0 Å². The van der Waals surface area contributed by atoms with Crippen molar-refractivity contribution in [2.45, 2.75) is 18.0 Å². The number of rotatable bonds is 5. The van der Waals surface area contributed by atoms with Crippen molar-refractivity contribution in [2.75, 3.05) is 0 Å². The first kappa shape index (κ1) is 13.8. The van der Waals surface area contributed by atoms with E-state index < -0.39 is 10.0 Å². The third kappa shape index (κ3) is 3.23. The summed E-state index contributed by atoms with van der Waals surface area (Å²) in [6.45, 7) is 0.584. The highest BCUT2D eigenvalue weighted by molar-refractivity contribution is 7.89. The fourth-order valence-corrected chi connectivity index (χ4v) is 2.90. The van der Waals surface area contributed by atoms with E-state index in [0.717, 1.165) is 11.3 Å². The van der Waals surface area contributed by atoms with Crippen LogP contribution in [0.25, 0.3) is 0 Å². The van der Waals surface area contributed by atoms with E-state index in [1.165, 1.54) is 0 Å². The summed E-state index contributed by atoms with van der Waals surface area (Å²) < 4.78 is 28.5. The van der Waals surface area contributed by atoms with Gasteiger partial charge in [-0.15, -0.1) is 0 Å². The van der Waals surface area contributed by atoms with Crippen molar-refractivity contribution in [3.63, 3.8) is 0 Å². The summed E-state index contributed by atoms with van der Waals surface area (Å²) in [4.78, 5) is 0.242. The summed E-state index contributed by atoms with van der Waals surface area (Å²) in [6, 6.07) is 11.0. The van der Waals surface area contributed by atoms with Gasteiger partial charge in [0, 0.05) is 32.0 Å². The lowest BCUT2D eigenvalue weighted by molar-refractivity contribution is 0.581. The molecule has 0 saturated carbocycles.